The fourth-order valence-electron chi connectivity index (χ4n) is 3.05. The third-order valence-electron chi connectivity index (χ3n) is 4.30. The van der Waals surface area contributed by atoms with E-state index in [0.29, 0.717) is 0 Å². The summed E-state index contributed by atoms with van der Waals surface area (Å²) >= 11 is 3.73. The highest BCUT2D eigenvalue weighted by Gasteiger charge is 2.15. The fraction of sp³-hybridized carbons (Fsp3) is 0.0455. The molecule has 0 unspecified atom stereocenters. The number of nitrogens with zero attached hydrogens (tertiary/aromatic N) is 2. The zero-order valence-electron chi connectivity index (χ0n) is 14.3. The molecule has 0 aliphatic carbocycles. The van der Waals surface area contributed by atoms with E-state index in [2.05, 4.69) is 67.9 Å². The number of para-hydroxylation sites is 1. The Morgan fingerprint density at radius 3 is 2.35 bits per heavy atom. The van der Waals surface area contributed by atoms with Gasteiger partial charge in [-0.15, -0.1) is 0 Å². The van der Waals surface area contributed by atoms with Crippen LogP contribution < -0.4 is 4.74 Å². The molecule has 3 aromatic carbocycles. The maximum atomic E-state index is 5.26. The van der Waals surface area contributed by atoms with Gasteiger partial charge in [0, 0.05) is 28.0 Å². The van der Waals surface area contributed by atoms with Crippen molar-refractivity contribution in [2.45, 2.75) is 0 Å². The van der Waals surface area contributed by atoms with Gasteiger partial charge in [0.25, 0.3) is 0 Å². The topological polar surface area (TPSA) is 27.1 Å². The van der Waals surface area contributed by atoms with Gasteiger partial charge in [-0.2, -0.15) is 0 Å². The molecule has 1 aromatic heterocycles. The maximum Gasteiger partial charge on any atom is 0.144 e. The molecule has 0 saturated heterocycles. The summed E-state index contributed by atoms with van der Waals surface area (Å²) in [6.45, 7) is 0. The molecule has 4 rings (SSSR count). The first kappa shape index (κ1) is 16.6. The molecule has 3 nitrogen and oxygen atoms in total. The third-order valence-corrected chi connectivity index (χ3v) is 4.94. The Labute approximate surface area is 161 Å². The first-order valence-electron chi connectivity index (χ1n) is 8.30. The van der Waals surface area contributed by atoms with Crippen LogP contribution in [0, 0.1) is 0 Å². The number of benzene rings is 3. The Hall–Kier alpha value is -2.85. The highest BCUT2D eigenvalue weighted by Crippen LogP contribution is 2.35. The number of ether oxygens (including phenoxy) is 1. The minimum atomic E-state index is 0.831. The first-order valence-corrected chi connectivity index (χ1v) is 9.09. The van der Waals surface area contributed by atoms with Crippen LogP contribution in [0.1, 0.15) is 0 Å². The predicted octanol–water partition coefficient (Wildman–Crippen LogP) is 5.98. The van der Waals surface area contributed by atoms with Crippen molar-refractivity contribution in [2.24, 2.45) is 0 Å². The molecule has 0 spiro atoms. The van der Waals surface area contributed by atoms with Crippen LogP contribution in [-0.4, -0.2) is 16.7 Å². The smallest absolute Gasteiger partial charge is 0.144 e. The fourth-order valence-corrected chi connectivity index (χ4v) is 3.61. The number of imidazole rings is 1. The van der Waals surface area contributed by atoms with E-state index in [1.807, 2.05) is 42.7 Å². The van der Waals surface area contributed by atoms with Gasteiger partial charge in [-0.05, 0) is 51.8 Å². The summed E-state index contributed by atoms with van der Waals surface area (Å²) in [6, 6.07) is 24.6. The van der Waals surface area contributed by atoms with Gasteiger partial charge in [-0.3, -0.25) is 4.57 Å². The highest BCUT2D eigenvalue weighted by atomic mass is 79.9. The van der Waals surface area contributed by atoms with E-state index in [-0.39, 0.29) is 0 Å². The average molecular weight is 405 g/mol. The SMILES string of the molecule is COc1ccc(-c2nccn2-c2c(Br)cccc2-c2ccccc2)cc1. The number of methoxy groups -OCH3 is 1. The molecule has 26 heavy (non-hydrogen) atoms. The Balaban J connectivity index is 1.89. The van der Waals surface area contributed by atoms with Crippen LogP contribution in [-0.2, 0) is 0 Å². The molecule has 4 aromatic rings. The Kier molecular flexibility index (Phi) is 4.59. The standard InChI is InChI=1S/C22H17BrN2O/c1-26-18-12-10-17(11-13-18)22-24-14-15-25(22)21-19(8-5-9-20(21)23)16-6-3-2-4-7-16/h2-15H,1H3. The highest BCUT2D eigenvalue weighted by molar-refractivity contribution is 9.10. The zero-order chi connectivity index (χ0) is 17.9. The van der Waals surface area contributed by atoms with E-state index in [0.717, 1.165) is 38.4 Å². The maximum absolute atomic E-state index is 5.26. The molecular weight excluding hydrogens is 388 g/mol. The minimum absolute atomic E-state index is 0.831. The second kappa shape index (κ2) is 7.18. The molecule has 4 heteroatoms. The molecule has 0 bridgehead atoms. The van der Waals surface area contributed by atoms with Gasteiger partial charge in [0.05, 0.1) is 12.8 Å². The van der Waals surface area contributed by atoms with Crippen LogP contribution in [0.15, 0.2) is 89.7 Å². The van der Waals surface area contributed by atoms with Crippen LogP contribution >= 0.6 is 15.9 Å². The summed E-state index contributed by atoms with van der Waals surface area (Å²) in [4.78, 5) is 4.60. The molecule has 0 aliphatic heterocycles. The predicted molar refractivity (Wildman–Crippen MR) is 109 cm³/mol. The molecule has 128 valence electrons. The van der Waals surface area contributed by atoms with Crippen molar-refractivity contribution in [3.8, 4) is 34.0 Å². The lowest BCUT2D eigenvalue weighted by molar-refractivity contribution is 0.415. The summed E-state index contributed by atoms with van der Waals surface area (Å²) in [6.07, 6.45) is 3.82. The molecule has 0 saturated carbocycles. The summed E-state index contributed by atoms with van der Waals surface area (Å²) < 4.78 is 8.40. The lowest BCUT2D eigenvalue weighted by Gasteiger charge is -2.15. The van der Waals surface area contributed by atoms with E-state index < -0.39 is 0 Å². The molecule has 0 radical (unpaired) electrons. The monoisotopic (exact) mass is 404 g/mol. The van der Waals surface area contributed by atoms with Gasteiger partial charge in [-0.1, -0.05) is 42.5 Å². The van der Waals surface area contributed by atoms with Crippen molar-refractivity contribution in [2.75, 3.05) is 7.11 Å². The van der Waals surface area contributed by atoms with Crippen LogP contribution in [0.25, 0.3) is 28.2 Å². The number of halogens is 1. The Morgan fingerprint density at radius 2 is 1.62 bits per heavy atom. The van der Waals surface area contributed by atoms with E-state index in [4.69, 9.17) is 4.74 Å². The van der Waals surface area contributed by atoms with Gasteiger partial charge in [0.2, 0.25) is 0 Å². The van der Waals surface area contributed by atoms with E-state index in [1.54, 1.807) is 7.11 Å². The van der Waals surface area contributed by atoms with Crippen molar-refractivity contribution in [3.05, 3.63) is 89.7 Å². The van der Waals surface area contributed by atoms with Crippen LogP contribution in [0.5, 0.6) is 5.75 Å². The number of hydrogen-bond acceptors (Lipinski definition) is 2. The van der Waals surface area contributed by atoms with Gasteiger partial charge >= 0.3 is 0 Å². The minimum Gasteiger partial charge on any atom is -0.497 e. The normalized spacial score (nSPS) is 10.7. The largest absolute Gasteiger partial charge is 0.497 e. The quantitative estimate of drug-likeness (QED) is 0.418. The molecular formula is C22H17BrN2O. The molecule has 1 heterocycles. The molecule has 0 fully saturated rings. The van der Waals surface area contributed by atoms with Crippen molar-refractivity contribution in [3.63, 3.8) is 0 Å². The summed E-state index contributed by atoms with van der Waals surface area (Å²) in [5, 5.41) is 0. The Morgan fingerprint density at radius 1 is 0.846 bits per heavy atom. The van der Waals surface area contributed by atoms with Crippen molar-refractivity contribution >= 4 is 15.9 Å². The third kappa shape index (κ3) is 3.04. The lowest BCUT2D eigenvalue weighted by atomic mass is 10.0. The Bertz CT molecular complexity index is 1020. The zero-order valence-corrected chi connectivity index (χ0v) is 15.8. The molecule has 0 amide bonds. The lowest BCUT2D eigenvalue weighted by Crippen LogP contribution is -2.00. The summed E-state index contributed by atoms with van der Waals surface area (Å²) in [5.74, 6) is 1.72. The van der Waals surface area contributed by atoms with E-state index >= 15 is 0 Å². The van der Waals surface area contributed by atoms with Crippen LogP contribution in [0.3, 0.4) is 0 Å². The van der Waals surface area contributed by atoms with Gasteiger partial charge in [0.15, 0.2) is 0 Å². The molecule has 0 atom stereocenters. The average Bonchev–Trinajstić information content (AvgIpc) is 3.18. The second-order valence-corrected chi connectivity index (χ2v) is 6.71. The van der Waals surface area contributed by atoms with Crippen molar-refractivity contribution in [1.29, 1.82) is 0 Å². The van der Waals surface area contributed by atoms with Crippen LogP contribution in [0.4, 0.5) is 0 Å². The summed E-state index contributed by atoms with van der Waals surface area (Å²) in [7, 11) is 1.67. The van der Waals surface area contributed by atoms with Gasteiger partial charge in [0.1, 0.15) is 11.6 Å². The number of rotatable bonds is 4. The summed E-state index contributed by atoms with van der Waals surface area (Å²) in [5.41, 5.74) is 4.42. The van der Waals surface area contributed by atoms with Gasteiger partial charge in [-0.25, -0.2) is 4.98 Å². The number of aromatic nitrogens is 2. The van der Waals surface area contributed by atoms with E-state index in [9.17, 15) is 0 Å². The van der Waals surface area contributed by atoms with Crippen LogP contribution in [0.2, 0.25) is 0 Å². The first-order chi connectivity index (χ1) is 12.8. The molecule has 0 N–H and O–H groups in total. The van der Waals surface area contributed by atoms with Crippen molar-refractivity contribution in [1.82, 2.24) is 9.55 Å². The van der Waals surface area contributed by atoms with Gasteiger partial charge < -0.3 is 4.74 Å². The van der Waals surface area contributed by atoms with E-state index in [1.165, 1.54) is 0 Å². The second-order valence-electron chi connectivity index (χ2n) is 5.85. The number of hydrogen-bond donors (Lipinski definition) is 0. The van der Waals surface area contributed by atoms with Crippen molar-refractivity contribution < 1.29 is 4.74 Å². The molecule has 0 aliphatic rings.